The first kappa shape index (κ1) is 23.4. The molecule has 3 aromatic rings. The van der Waals surface area contributed by atoms with Gasteiger partial charge in [-0.25, -0.2) is 4.98 Å². The molecule has 176 valence electrons. The first-order chi connectivity index (χ1) is 15.8. The molecule has 1 aromatic carbocycles. The van der Waals surface area contributed by atoms with Crippen molar-refractivity contribution >= 4 is 28.2 Å². The second kappa shape index (κ2) is 9.61. The molecule has 2 aromatic heterocycles. The van der Waals surface area contributed by atoms with Crippen LogP contribution in [0.15, 0.2) is 23.0 Å². The molecule has 1 aliphatic rings. The van der Waals surface area contributed by atoms with E-state index in [-0.39, 0.29) is 5.56 Å². The van der Waals surface area contributed by atoms with Crippen LogP contribution in [0, 0.1) is 0 Å². The van der Waals surface area contributed by atoms with Gasteiger partial charge in [-0.05, 0) is 45.4 Å². The van der Waals surface area contributed by atoms with Crippen molar-refractivity contribution in [3.63, 3.8) is 0 Å². The van der Waals surface area contributed by atoms with E-state index in [1.807, 2.05) is 25.1 Å². The predicted octanol–water partition coefficient (Wildman–Crippen LogP) is 3.03. The number of rotatable bonds is 6. The SMILES string of the molecule is CCCc1nn(C)c2c(=O)[nH]c(-c3cc(C(=S)N4CC(C)NC(C)C4)ccc3OCC)nc12. The van der Waals surface area contributed by atoms with E-state index in [0.29, 0.717) is 41.3 Å². The number of nitrogens with one attached hydrogen (secondary N) is 2. The second-order valence-corrected chi connectivity index (χ2v) is 9.14. The highest BCUT2D eigenvalue weighted by Crippen LogP contribution is 2.30. The summed E-state index contributed by atoms with van der Waals surface area (Å²) < 4.78 is 7.50. The maximum atomic E-state index is 13.0. The van der Waals surface area contributed by atoms with E-state index >= 15 is 0 Å². The lowest BCUT2D eigenvalue weighted by molar-refractivity contribution is 0.258. The number of hydrogen-bond acceptors (Lipinski definition) is 6. The van der Waals surface area contributed by atoms with Crippen LogP contribution in [0.5, 0.6) is 5.75 Å². The maximum Gasteiger partial charge on any atom is 0.277 e. The van der Waals surface area contributed by atoms with Crippen molar-refractivity contribution in [2.75, 3.05) is 19.7 Å². The molecule has 0 amide bonds. The van der Waals surface area contributed by atoms with Crippen LogP contribution in [-0.4, -0.2) is 61.4 Å². The van der Waals surface area contributed by atoms with Crippen LogP contribution in [-0.2, 0) is 13.5 Å². The van der Waals surface area contributed by atoms with Crippen LogP contribution < -0.4 is 15.6 Å². The third kappa shape index (κ3) is 4.65. The van der Waals surface area contributed by atoms with Crippen LogP contribution in [0.3, 0.4) is 0 Å². The number of H-pyrrole nitrogens is 1. The Morgan fingerprint density at radius 2 is 1.97 bits per heavy atom. The molecular weight excluding hydrogens is 436 g/mol. The van der Waals surface area contributed by atoms with Crippen molar-refractivity contribution in [2.24, 2.45) is 7.05 Å². The van der Waals surface area contributed by atoms with Crippen LogP contribution in [0.4, 0.5) is 0 Å². The van der Waals surface area contributed by atoms with Crippen molar-refractivity contribution in [1.82, 2.24) is 30.0 Å². The third-order valence-electron chi connectivity index (χ3n) is 5.88. The van der Waals surface area contributed by atoms with Gasteiger partial charge in [-0.3, -0.25) is 9.48 Å². The zero-order valence-corrected chi connectivity index (χ0v) is 20.8. The van der Waals surface area contributed by atoms with Gasteiger partial charge in [0.1, 0.15) is 22.1 Å². The molecule has 1 saturated heterocycles. The topological polar surface area (TPSA) is 88.1 Å². The number of benzene rings is 1. The number of aromatic nitrogens is 4. The minimum atomic E-state index is -0.215. The summed E-state index contributed by atoms with van der Waals surface area (Å²) in [6, 6.07) is 6.59. The molecule has 2 unspecified atom stereocenters. The molecule has 0 bridgehead atoms. The van der Waals surface area contributed by atoms with Gasteiger partial charge in [0.2, 0.25) is 0 Å². The molecule has 4 rings (SSSR count). The fourth-order valence-corrected chi connectivity index (χ4v) is 4.86. The van der Waals surface area contributed by atoms with Crippen molar-refractivity contribution < 1.29 is 4.74 Å². The lowest BCUT2D eigenvalue weighted by Gasteiger charge is -2.37. The first-order valence-corrected chi connectivity index (χ1v) is 12.0. The number of ether oxygens (including phenoxy) is 1. The van der Waals surface area contributed by atoms with Crippen molar-refractivity contribution in [1.29, 1.82) is 0 Å². The Hall–Kier alpha value is -2.78. The van der Waals surface area contributed by atoms with Gasteiger partial charge in [0.15, 0.2) is 5.52 Å². The Bertz CT molecular complexity index is 1220. The van der Waals surface area contributed by atoms with E-state index in [1.165, 1.54) is 0 Å². The molecule has 33 heavy (non-hydrogen) atoms. The Kier molecular flexibility index (Phi) is 6.81. The zero-order valence-electron chi connectivity index (χ0n) is 19.9. The van der Waals surface area contributed by atoms with Crippen LogP contribution in [0.2, 0.25) is 0 Å². The monoisotopic (exact) mass is 468 g/mol. The van der Waals surface area contributed by atoms with Gasteiger partial charge in [-0.15, -0.1) is 0 Å². The molecule has 3 heterocycles. The summed E-state index contributed by atoms with van der Waals surface area (Å²) in [5, 5.41) is 8.06. The van der Waals surface area contributed by atoms with E-state index in [9.17, 15) is 4.79 Å². The van der Waals surface area contributed by atoms with E-state index in [1.54, 1.807) is 11.7 Å². The summed E-state index contributed by atoms with van der Waals surface area (Å²) >= 11 is 5.88. The predicted molar refractivity (Wildman–Crippen MR) is 135 cm³/mol. The highest BCUT2D eigenvalue weighted by Gasteiger charge is 2.24. The maximum absolute atomic E-state index is 13.0. The summed E-state index contributed by atoms with van der Waals surface area (Å²) in [4.78, 5) is 23.8. The second-order valence-electron chi connectivity index (χ2n) is 8.75. The smallest absolute Gasteiger partial charge is 0.277 e. The molecule has 0 aliphatic carbocycles. The number of aromatic amines is 1. The number of thiocarbonyl (C=S) groups is 1. The lowest BCUT2D eigenvalue weighted by atomic mass is 10.1. The zero-order chi connectivity index (χ0) is 23.7. The van der Waals surface area contributed by atoms with Crippen LogP contribution >= 0.6 is 12.2 Å². The third-order valence-corrected chi connectivity index (χ3v) is 6.37. The molecule has 9 heteroatoms. The first-order valence-electron chi connectivity index (χ1n) is 11.6. The van der Waals surface area contributed by atoms with E-state index in [2.05, 4.69) is 41.1 Å². The number of fused-ring (bicyclic) bond motifs is 1. The van der Waals surface area contributed by atoms with Crippen molar-refractivity contribution in [3.05, 3.63) is 39.8 Å². The van der Waals surface area contributed by atoms with Gasteiger partial charge >= 0.3 is 0 Å². The fourth-order valence-electron chi connectivity index (χ4n) is 4.58. The average Bonchev–Trinajstić information content (AvgIpc) is 3.09. The lowest BCUT2D eigenvalue weighted by Crippen LogP contribution is -2.55. The van der Waals surface area contributed by atoms with Gasteiger partial charge in [-0.1, -0.05) is 25.6 Å². The van der Waals surface area contributed by atoms with Crippen molar-refractivity contribution in [3.8, 4) is 17.1 Å². The van der Waals surface area contributed by atoms with Crippen LogP contribution in [0.1, 0.15) is 45.4 Å². The largest absolute Gasteiger partial charge is 0.493 e. The Balaban J connectivity index is 1.81. The summed E-state index contributed by atoms with van der Waals surface area (Å²) in [6.07, 6.45) is 1.68. The standard InChI is InChI=1S/C24H32N6O2S/c1-6-8-18-20-21(29(5)28-18)23(31)27-22(26-20)17-11-16(9-10-19(17)32-7-2)24(33)30-12-14(3)25-15(4)13-30/h9-11,14-15,25H,6-8,12-13H2,1-5H3,(H,26,27,31). The molecule has 1 aliphatic heterocycles. The molecule has 1 fully saturated rings. The Morgan fingerprint density at radius 1 is 1.24 bits per heavy atom. The molecule has 8 nitrogen and oxygen atoms in total. The van der Waals surface area contributed by atoms with E-state index in [0.717, 1.165) is 47.7 Å². The molecule has 2 N–H and O–H groups in total. The minimum absolute atomic E-state index is 0.215. The fraction of sp³-hybridized carbons (Fsp3) is 0.500. The molecule has 0 saturated carbocycles. The van der Waals surface area contributed by atoms with Crippen molar-refractivity contribution in [2.45, 2.75) is 52.6 Å². The molecular formula is C24H32N6O2S. The van der Waals surface area contributed by atoms with Gasteiger partial charge in [0.25, 0.3) is 5.56 Å². The number of aryl methyl sites for hydroxylation is 2. The summed E-state index contributed by atoms with van der Waals surface area (Å²) in [6.45, 7) is 10.6. The average molecular weight is 469 g/mol. The summed E-state index contributed by atoms with van der Waals surface area (Å²) in [7, 11) is 1.78. The van der Waals surface area contributed by atoms with Gasteiger partial charge < -0.3 is 19.9 Å². The van der Waals surface area contributed by atoms with Gasteiger partial charge in [0, 0.05) is 37.8 Å². The van der Waals surface area contributed by atoms with Gasteiger partial charge in [-0.2, -0.15) is 5.10 Å². The summed E-state index contributed by atoms with van der Waals surface area (Å²) in [5.41, 5.74) is 3.36. The normalized spacial score (nSPS) is 18.6. The van der Waals surface area contributed by atoms with E-state index < -0.39 is 0 Å². The number of nitrogens with zero attached hydrogens (tertiary/aromatic N) is 4. The minimum Gasteiger partial charge on any atom is -0.493 e. The summed E-state index contributed by atoms with van der Waals surface area (Å²) in [5.74, 6) is 1.13. The van der Waals surface area contributed by atoms with E-state index in [4.69, 9.17) is 21.9 Å². The molecule has 0 radical (unpaired) electrons. The highest BCUT2D eigenvalue weighted by atomic mass is 32.1. The Morgan fingerprint density at radius 3 is 2.64 bits per heavy atom. The van der Waals surface area contributed by atoms with Crippen LogP contribution in [0.25, 0.3) is 22.4 Å². The number of piperazine rings is 1. The quantitative estimate of drug-likeness (QED) is 0.538. The molecule has 0 spiro atoms. The highest BCUT2D eigenvalue weighted by molar-refractivity contribution is 7.80. The number of hydrogen-bond donors (Lipinski definition) is 2. The Labute approximate surface area is 199 Å². The van der Waals surface area contributed by atoms with Gasteiger partial charge in [0.05, 0.1) is 17.9 Å². The molecule has 2 atom stereocenters.